The number of aryl methyl sites for hydroxylation is 1. The van der Waals surface area contributed by atoms with Crippen molar-refractivity contribution in [3.8, 4) is 11.3 Å². The standard InChI is InChI=1S/C17H14O3/c1-11-7-9-12(10-8-11)16-15(17(18)19-2)13-5-3-4-6-14(13)20-16/h3-10H,1-2H3. The molecule has 3 rings (SSSR count). The Labute approximate surface area is 116 Å². The lowest BCUT2D eigenvalue weighted by Gasteiger charge is -2.02. The van der Waals surface area contributed by atoms with Crippen LogP contribution < -0.4 is 0 Å². The number of hydrogen-bond acceptors (Lipinski definition) is 3. The second-order valence-corrected chi connectivity index (χ2v) is 4.66. The van der Waals surface area contributed by atoms with Crippen molar-refractivity contribution in [1.29, 1.82) is 0 Å². The molecule has 0 unspecified atom stereocenters. The summed E-state index contributed by atoms with van der Waals surface area (Å²) in [7, 11) is 1.38. The van der Waals surface area contributed by atoms with Crippen LogP contribution in [0.2, 0.25) is 0 Å². The van der Waals surface area contributed by atoms with Gasteiger partial charge in [0.15, 0.2) is 0 Å². The predicted octanol–water partition coefficient (Wildman–Crippen LogP) is 4.19. The zero-order valence-electron chi connectivity index (χ0n) is 11.3. The average Bonchev–Trinajstić information content (AvgIpc) is 2.86. The fourth-order valence-electron chi connectivity index (χ4n) is 2.26. The summed E-state index contributed by atoms with van der Waals surface area (Å²) >= 11 is 0. The number of fused-ring (bicyclic) bond motifs is 1. The van der Waals surface area contributed by atoms with Gasteiger partial charge in [0.2, 0.25) is 0 Å². The van der Waals surface area contributed by atoms with E-state index in [0.717, 1.165) is 16.5 Å². The molecule has 0 saturated carbocycles. The Kier molecular flexibility index (Phi) is 3.03. The number of para-hydroxylation sites is 1. The predicted molar refractivity (Wildman–Crippen MR) is 77.7 cm³/mol. The van der Waals surface area contributed by atoms with Gasteiger partial charge in [0, 0.05) is 10.9 Å². The molecule has 3 nitrogen and oxygen atoms in total. The summed E-state index contributed by atoms with van der Waals surface area (Å²) in [6.45, 7) is 2.02. The first-order chi connectivity index (χ1) is 9.70. The van der Waals surface area contributed by atoms with Gasteiger partial charge in [0.05, 0.1) is 7.11 Å². The van der Waals surface area contributed by atoms with Crippen LogP contribution in [0.4, 0.5) is 0 Å². The molecule has 1 heterocycles. The summed E-state index contributed by atoms with van der Waals surface area (Å²) in [6, 6.07) is 15.3. The van der Waals surface area contributed by atoms with Crippen molar-refractivity contribution in [3.05, 3.63) is 59.7 Å². The zero-order chi connectivity index (χ0) is 14.1. The van der Waals surface area contributed by atoms with Crippen molar-refractivity contribution >= 4 is 16.9 Å². The van der Waals surface area contributed by atoms with E-state index in [1.165, 1.54) is 7.11 Å². The second-order valence-electron chi connectivity index (χ2n) is 4.66. The van der Waals surface area contributed by atoms with E-state index < -0.39 is 0 Å². The molecule has 0 N–H and O–H groups in total. The van der Waals surface area contributed by atoms with Crippen molar-refractivity contribution < 1.29 is 13.9 Å². The van der Waals surface area contributed by atoms with Crippen LogP contribution in [0, 0.1) is 6.92 Å². The first kappa shape index (κ1) is 12.5. The maximum Gasteiger partial charge on any atom is 0.342 e. The lowest BCUT2D eigenvalue weighted by Crippen LogP contribution is -2.01. The van der Waals surface area contributed by atoms with Crippen molar-refractivity contribution in [2.24, 2.45) is 0 Å². The van der Waals surface area contributed by atoms with Gasteiger partial charge >= 0.3 is 5.97 Å². The SMILES string of the molecule is COC(=O)c1c(-c2ccc(C)cc2)oc2ccccc12. The van der Waals surface area contributed by atoms with E-state index in [1.807, 2.05) is 55.5 Å². The number of carbonyl (C=O) groups is 1. The first-order valence-corrected chi connectivity index (χ1v) is 6.37. The zero-order valence-corrected chi connectivity index (χ0v) is 11.3. The lowest BCUT2D eigenvalue weighted by atomic mass is 10.0. The monoisotopic (exact) mass is 266 g/mol. The summed E-state index contributed by atoms with van der Waals surface area (Å²) in [6.07, 6.45) is 0. The molecule has 3 heteroatoms. The highest BCUT2D eigenvalue weighted by Crippen LogP contribution is 2.34. The van der Waals surface area contributed by atoms with Crippen molar-refractivity contribution in [1.82, 2.24) is 0 Å². The van der Waals surface area contributed by atoms with Gasteiger partial charge in [-0.05, 0) is 13.0 Å². The van der Waals surface area contributed by atoms with Gasteiger partial charge in [-0.1, -0.05) is 48.0 Å². The molecule has 0 aliphatic rings. The molecule has 0 bridgehead atoms. The molecule has 0 aliphatic heterocycles. The molecule has 0 atom stereocenters. The Hall–Kier alpha value is -2.55. The van der Waals surface area contributed by atoms with Gasteiger partial charge in [-0.2, -0.15) is 0 Å². The van der Waals surface area contributed by atoms with Crippen molar-refractivity contribution in [3.63, 3.8) is 0 Å². The van der Waals surface area contributed by atoms with E-state index in [-0.39, 0.29) is 5.97 Å². The van der Waals surface area contributed by atoms with Crippen LogP contribution in [-0.2, 0) is 4.74 Å². The van der Waals surface area contributed by atoms with Gasteiger partial charge < -0.3 is 9.15 Å². The van der Waals surface area contributed by atoms with Crippen LogP contribution in [0.15, 0.2) is 52.9 Å². The van der Waals surface area contributed by atoms with Crippen LogP contribution >= 0.6 is 0 Å². The van der Waals surface area contributed by atoms with E-state index in [1.54, 1.807) is 0 Å². The highest BCUT2D eigenvalue weighted by atomic mass is 16.5. The third-order valence-corrected chi connectivity index (χ3v) is 3.30. The quantitative estimate of drug-likeness (QED) is 0.653. The van der Waals surface area contributed by atoms with Gasteiger partial charge in [-0.25, -0.2) is 4.79 Å². The Balaban J connectivity index is 2.29. The number of rotatable bonds is 2. The van der Waals surface area contributed by atoms with Gasteiger partial charge in [-0.3, -0.25) is 0 Å². The van der Waals surface area contributed by atoms with Crippen LogP contribution in [0.5, 0.6) is 0 Å². The Morgan fingerprint density at radius 1 is 1.05 bits per heavy atom. The summed E-state index contributed by atoms with van der Waals surface area (Å²) in [4.78, 5) is 12.1. The summed E-state index contributed by atoms with van der Waals surface area (Å²) < 4.78 is 10.7. The fourth-order valence-corrected chi connectivity index (χ4v) is 2.26. The molecule has 0 aliphatic carbocycles. The van der Waals surface area contributed by atoms with E-state index in [4.69, 9.17) is 9.15 Å². The number of ether oxygens (including phenoxy) is 1. The highest BCUT2D eigenvalue weighted by Gasteiger charge is 2.22. The van der Waals surface area contributed by atoms with Crippen LogP contribution in [-0.4, -0.2) is 13.1 Å². The van der Waals surface area contributed by atoms with E-state index in [2.05, 4.69) is 0 Å². The van der Waals surface area contributed by atoms with E-state index in [0.29, 0.717) is 16.9 Å². The molecule has 100 valence electrons. The number of methoxy groups -OCH3 is 1. The topological polar surface area (TPSA) is 39.4 Å². The number of esters is 1. The minimum atomic E-state index is -0.384. The van der Waals surface area contributed by atoms with Crippen LogP contribution in [0.3, 0.4) is 0 Å². The Morgan fingerprint density at radius 2 is 1.75 bits per heavy atom. The largest absolute Gasteiger partial charge is 0.465 e. The summed E-state index contributed by atoms with van der Waals surface area (Å²) in [5, 5.41) is 0.773. The molecule has 20 heavy (non-hydrogen) atoms. The number of carbonyl (C=O) groups excluding carboxylic acids is 1. The summed E-state index contributed by atoms with van der Waals surface area (Å²) in [5.41, 5.74) is 3.19. The highest BCUT2D eigenvalue weighted by molar-refractivity contribution is 6.08. The van der Waals surface area contributed by atoms with E-state index >= 15 is 0 Å². The minimum Gasteiger partial charge on any atom is -0.465 e. The molecule has 0 spiro atoms. The molecular weight excluding hydrogens is 252 g/mol. The molecule has 0 amide bonds. The first-order valence-electron chi connectivity index (χ1n) is 6.37. The summed E-state index contributed by atoms with van der Waals surface area (Å²) in [5.74, 6) is 0.170. The van der Waals surface area contributed by atoms with Gasteiger partial charge in [0.1, 0.15) is 16.9 Å². The molecule has 0 fully saturated rings. The normalized spacial score (nSPS) is 10.7. The van der Waals surface area contributed by atoms with E-state index in [9.17, 15) is 4.79 Å². The smallest absolute Gasteiger partial charge is 0.342 e. The van der Waals surface area contributed by atoms with Crippen LogP contribution in [0.25, 0.3) is 22.3 Å². The fraction of sp³-hybridized carbons (Fsp3) is 0.118. The molecule has 3 aromatic rings. The molecule has 1 aromatic heterocycles. The van der Waals surface area contributed by atoms with Gasteiger partial charge in [-0.15, -0.1) is 0 Å². The van der Waals surface area contributed by atoms with Gasteiger partial charge in [0.25, 0.3) is 0 Å². The maximum absolute atomic E-state index is 12.1. The number of hydrogen-bond donors (Lipinski definition) is 0. The Morgan fingerprint density at radius 3 is 2.45 bits per heavy atom. The lowest BCUT2D eigenvalue weighted by molar-refractivity contribution is 0.0603. The minimum absolute atomic E-state index is 0.384. The molecule has 0 saturated heterocycles. The van der Waals surface area contributed by atoms with Crippen molar-refractivity contribution in [2.45, 2.75) is 6.92 Å². The Bertz CT molecular complexity index is 767. The maximum atomic E-state index is 12.1. The molecule has 0 radical (unpaired) electrons. The second kappa shape index (κ2) is 4.85. The third kappa shape index (κ3) is 1.97. The molecular formula is C17H14O3. The van der Waals surface area contributed by atoms with Crippen molar-refractivity contribution in [2.75, 3.05) is 7.11 Å². The number of benzene rings is 2. The molecule has 2 aromatic carbocycles. The third-order valence-electron chi connectivity index (χ3n) is 3.30. The number of furan rings is 1. The van der Waals surface area contributed by atoms with Crippen LogP contribution in [0.1, 0.15) is 15.9 Å². The average molecular weight is 266 g/mol.